The fourth-order valence-corrected chi connectivity index (χ4v) is 12.8. The van der Waals surface area contributed by atoms with Crippen LogP contribution in [0, 0.1) is 0 Å². The first-order valence-corrected chi connectivity index (χ1v) is 15.5. The third-order valence-corrected chi connectivity index (χ3v) is 15.7. The van der Waals surface area contributed by atoms with Gasteiger partial charge in [-0.25, -0.2) is 0 Å². The molecule has 0 N–H and O–H groups in total. The highest BCUT2D eigenvalue weighted by Gasteiger charge is 2.41. The molecule has 144 valence electrons. The summed E-state index contributed by atoms with van der Waals surface area (Å²) in [7, 11) is -3.36. The van der Waals surface area contributed by atoms with Crippen LogP contribution in [0.5, 0.6) is 0 Å². The van der Waals surface area contributed by atoms with Crippen molar-refractivity contribution in [1.29, 1.82) is 0 Å². The number of rotatable bonds is 9. The van der Waals surface area contributed by atoms with E-state index in [0.717, 1.165) is 30.3 Å². The normalized spacial score (nSPS) is 13.0. The minimum Gasteiger partial charge on any atom is -0.455 e. The van der Waals surface area contributed by atoms with Gasteiger partial charge in [0.2, 0.25) is 0 Å². The first-order chi connectivity index (χ1) is 12.1. The van der Waals surface area contributed by atoms with Crippen molar-refractivity contribution >= 4 is 16.6 Å². The van der Waals surface area contributed by atoms with Crippen LogP contribution in [0.4, 0.5) is 0 Å². The van der Waals surface area contributed by atoms with Crippen molar-refractivity contribution in [3.05, 3.63) is 36.5 Å². The average molecular weight is 390 g/mol. The molecule has 1 aromatic carbocycles. The zero-order chi connectivity index (χ0) is 19.4. The van der Waals surface area contributed by atoms with Crippen LogP contribution < -0.4 is 0 Å². The van der Waals surface area contributed by atoms with Crippen molar-refractivity contribution in [1.82, 2.24) is 15.0 Å². The predicted octanol–water partition coefficient (Wildman–Crippen LogP) is 5.95. The Morgan fingerprint density at radius 2 is 1.62 bits per heavy atom. The quantitative estimate of drug-likeness (QED) is 0.497. The molecule has 0 saturated carbocycles. The van der Waals surface area contributed by atoms with Gasteiger partial charge in [-0.2, -0.15) is 0 Å². The van der Waals surface area contributed by atoms with E-state index in [0.29, 0.717) is 11.1 Å². The molecule has 0 aliphatic rings. The molecule has 1 heterocycles. The lowest BCUT2D eigenvalue weighted by Gasteiger charge is -2.42. The van der Waals surface area contributed by atoms with E-state index in [2.05, 4.69) is 69.8 Å². The maximum absolute atomic E-state index is 6.89. The Hall–Kier alpha value is -1.25. The maximum atomic E-state index is 6.89. The molecule has 0 aliphatic carbocycles. The Bertz CT molecular complexity index is 675. The van der Waals surface area contributed by atoms with E-state index in [-0.39, 0.29) is 0 Å². The fourth-order valence-electron chi connectivity index (χ4n) is 3.36. The van der Waals surface area contributed by atoms with Crippen LogP contribution in [0.3, 0.4) is 0 Å². The molecule has 4 nitrogen and oxygen atoms in total. The highest BCUT2D eigenvalue weighted by Crippen LogP contribution is 2.36. The van der Waals surface area contributed by atoms with E-state index in [4.69, 9.17) is 4.12 Å². The van der Waals surface area contributed by atoms with Crippen molar-refractivity contribution in [2.45, 2.75) is 77.4 Å². The summed E-state index contributed by atoms with van der Waals surface area (Å²) in [5, 5.41) is 8.60. The van der Waals surface area contributed by atoms with Gasteiger partial charge in [0.1, 0.15) is 5.69 Å². The van der Waals surface area contributed by atoms with Gasteiger partial charge in [-0.15, -0.1) is 5.10 Å². The molecule has 0 amide bonds. The summed E-state index contributed by atoms with van der Waals surface area (Å²) in [5.74, 6) is 0. The van der Waals surface area contributed by atoms with Gasteiger partial charge in [-0.05, 0) is 43.2 Å². The van der Waals surface area contributed by atoms with Gasteiger partial charge in [0, 0.05) is 12.1 Å². The van der Waals surface area contributed by atoms with Crippen LogP contribution in [0.1, 0.15) is 34.1 Å². The largest absolute Gasteiger partial charge is 0.455 e. The lowest BCUT2D eigenvalue weighted by Crippen LogP contribution is -2.50. The SMILES string of the molecule is CC(C)[Si](C)(O[Si](C)(C)CCCn1cc(-c2ccccc2)nn1)C(C)C. The van der Waals surface area contributed by atoms with Crippen molar-refractivity contribution in [3.63, 3.8) is 0 Å². The summed E-state index contributed by atoms with van der Waals surface area (Å²) >= 11 is 0. The van der Waals surface area contributed by atoms with Gasteiger partial charge < -0.3 is 4.12 Å². The van der Waals surface area contributed by atoms with Crippen molar-refractivity contribution in [3.8, 4) is 11.3 Å². The average Bonchev–Trinajstić information content (AvgIpc) is 3.03. The molecule has 0 spiro atoms. The third-order valence-electron chi connectivity index (χ3n) is 5.56. The minimum absolute atomic E-state index is 0.651. The second-order valence-corrected chi connectivity index (χ2v) is 18.2. The van der Waals surface area contributed by atoms with Crippen LogP contribution in [0.2, 0.25) is 36.8 Å². The molecule has 2 rings (SSSR count). The van der Waals surface area contributed by atoms with Crippen LogP contribution in [0.25, 0.3) is 11.3 Å². The van der Waals surface area contributed by atoms with E-state index in [1.54, 1.807) is 0 Å². The van der Waals surface area contributed by atoms with Gasteiger partial charge in [0.25, 0.3) is 0 Å². The number of hydrogen-bond donors (Lipinski definition) is 0. The zero-order valence-electron chi connectivity index (χ0n) is 17.5. The van der Waals surface area contributed by atoms with Gasteiger partial charge in [0.05, 0.1) is 6.20 Å². The van der Waals surface area contributed by atoms with Crippen LogP contribution >= 0.6 is 0 Å². The molecule has 0 bridgehead atoms. The van der Waals surface area contributed by atoms with Crippen molar-refractivity contribution < 1.29 is 4.12 Å². The summed E-state index contributed by atoms with van der Waals surface area (Å²) in [6.07, 6.45) is 3.14. The zero-order valence-corrected chi connectivity index (χ0v) is 19.5. The molecular formula is C20H35N3OSi2. The molecule has 1 aromatic heterocycles. The molecule has 2 aromatic rings. The van der Waals surface area contributed by atoms with Crippen LogP contribution in [0.15, 0.2) is 36.5 Å². The molecule has 26 heavy (non-hydrogen) atoms. The van der Waals surface area contributed by atoms with E-state index >= 15 is 0 Å². The Morgan fingerprint density at radius 1 is 1.00 bits per heavy atom. The Kier molecular flexibility index (Phi) is 6.99. The summed E-state index contributed by atoms with van der Waals surface area (Å²) in [6.45, 7) is 17.4. The van der Waals surface area contributed by atoms with E-state index < -0.39 is 16.6 Å². The predicted molar refractivity (Wildman–Crippen MR) is 115 cm³/mol. The van der Waals surface area contributed by atoms with E-state index in [1.807, 2.05) is 29.1 Å². The molecule has 0 fully saturated rings. The van der Waals surface area contributed by atoms with Crippen molar-refractivity contribution in [2.75, 3.05) is 0 Å². The minimum atomic E-state index is -1.68. The lowest BCUT2D eigenvalue weighted by atomic mass is 10.2. The standard InChI is InChI=1S/C20H35N3OSi2/c1-17(2)26(7,18(3)4)24-25(5,6)15-11-14-23-16-20(21-22-23)19-12-9-8-10-13-19/h8-10,12-13,16-18H,11,14-15H2,1-7H3. The Balaban J connectivity index is 1.91. The van der Waals surface area contributed by atoms with Crippen LogP contribution in [-0.4, -0.2) is 31.6 Å². The molecule has 0 unspecified atom stereocenters. The monoisotopic (exact) mass is 389 g/mol. The summed E-state index contributed by atoms with van der Waals surface area (Å²) in [6, 6.07) is 11.4. The van der Waals surface area contributed by atoms with E-state index in [9.17, 15) is 0 Å². The number of nitrogens with zero attached hydrogens (tertiary/aromatic N) is 3. The molecule has 0 atom stereocenters. The van der Waals surface area contributed by atoms with Crippen LogP contribution in [-0.2, 0) is 10.7 Å². The topological polar surface area (TPSA) is 39.9 Å². The summed E-state index contributed by atoms with van der Waals surface area (Å²) in [4.78, 5) is 0. The number of aryl methyl sites for hydroxylation is 1. The van der Waals surface area contributed by atoms with Gasteiger partial charge in [-0.3, -0.25) is 4.68 Å². The smallest absolute Gasteiger partial charge is 0.181 e. The molecular weight excluding hydrogens is 354 g/mol. The molecule has 0 radical (unpaired) electrons. The molecule has 6 heteroatoms. The second kappa shape index (κ2) is 8.63. The first kappa shape index (κ1) is 21.1. The van der Waals surface area contributed by atoms with Gasteiger partial charge in [-0.1, -0.05) is 63.2 Å². The van der Waals surface area contributed by atoms with Gasteiger partial charge in [0.15, 0.2) is 16.6 Å². The van der Waals surface area contributed by atoms with Crippen molar-refractivity contribution in [2.24, 2.45) is 0 Å². The van der Waals surface area contributed by atoms with Gasteiger partial charge >= 0.3 is 0 Å². The number of aromatic nitrogens is 3. The fraction of sp³-hybridized carbons (Fsp3) is 0.600. The number of hydrogen-bond acceptors (Lipinski definition) is 3. The Labute approximate surface area is 161 Å². The third kappa shape index (κ3) is 5.38. The molecule has 0 saturated heterocycles. The highest BCUT2D eigenvalue weighted by atomic mass is 28.4. The first-order valence-electron chi connectivity index (χ1n) is 9.80. The lowest BCUT2D eigenvalue weighted by molar-refractivity contribution is 0.487. The summed E-state index contributed by atoms with van der Waals surface area (Å²) < 4.78 is 8.86. The maximum Gasteiger partial charge on any atom is 0.181 e. The second-order valence-electron chi connectivity index (χ2n) is 8.69. The number of benzene rings is 1. The van der Waals surface area contributed by atoms with E-state index in [1.165, 1.54) is 0 Å². The molecule has 0 aliphatic heterocycles. The Morgan fingerprint density at radius 3 is 2.19 bits per heavy atom. The summed E-state index contributed by atoms with van der Waals surface area (Å²) in [5.41, 5.74) is 3.36. The highest BCUT2D eigenvalue weighted by molar-refractivity contribution is 6.86.